The van der Waals surface area contributed by atoms with Crippen LogP contribution >= 0.6 is 0 Å². The summed E-state index contributed by atoms with van der Waals surface area (Å²) < 4.78 is 22.5. The van der Waals surface area contributed by atoms with Gasteiger partial charge < -0.3 is 23.8 Å². The van der Waals surface area contributed by atoms with Crippen LogP contribution in [0.4, 0.5) is 4.79 Å². The molecule has 2 atom stereocenters. The minimum absolute atomic E-state index is 0.0170. The van der Waals surface area contributed by atoms with Crippen molar-refractivity contribution in [2.75, 3.05) is 6.54 Å². The molecule has 1 aromatic carbocycles. The van der Waals surface area contributed by atoms with E-state index in [2.05, 4.69) is 0 Å². The Hall–Kier alpha value is -1.85. The van der Waals surface area contributed by atoms with Gasteiger partial charge in [-0.1, -0.05) is 0 Å². The van der Waals surface area contributed by atoms with Crippen LogP contribution in [0.2, 0.25) is 0 Å². The third-order valence-electron chi connectivity index (χ3n) is 4.84. The number of piperidine rings is 1. The molecule has 0 aliphatic carbocycles. The fraction of sp³-hybridized carbons (Fsp3) is 0.632. The molecule has 8 radical (unpaired) electrons. The number of hydrogen-bond acceptors (Lipinski definition) is 5. The second-order valence-corrected chi connectivity index (χ2v) is 8.69. The van der Waals surface area contributed by atoms with E-state index in [-0.39, 0.29) is 18.2 Å². The molecule has 0 N–H and O–H groups in total. The summed E-state index contributed by atoms with van der Waals surface area (Å²) in [7, 11) is 23.1. The minimum Gasteiger partial charge on any atom is -0.501 e. The molecule has 2 heterocycles. The summed E-state index contributed by atoms with van der Waals surface area (Å²) in [4.78, 5) is 14.1. The van der Waals surface area contributed by atoms with Crippen LogP contribution in [-0.4, -0.2) is 77.5 Å². The van der Waals surface area contributed by atoms with E-state index in [0.717, 1.165) is 0 Å². The van der Waals surface area contributed by atoms with E-state index in [1.165, 1.54) is 0 Å². The van der Waals surface area contributed by atoms with Gasteiger partial charge in [0, 0.05) is 42.3 Å². The normalized spacial score (nSPS) is 25.2. The highest BCUT2D eigenvalue weighted by molar-refractivity contribution is 6.53. The molecular formula is C19H23B4NO5. The number of nitrogens with zero attached hydrogens (tertiary/aromatic N) is 1. The summed E-state index contributed by atoms with van der Waals surface area (Å²) in [6.07, 6.45) is 0.955. The first-order valence-corrected chi connectivity index (χ1v) is 9.61. The standard InChI is InChI=1S/C19H23B4NO5/c1-11-9-13(7-8-24(11)16(25)29-17(2,3)4)26-12-5-6-14-15(10-12)28-19(22,23)18(20,21)27-14/h5-6,10-11,13H,7-9H2,1-4H3/t11-,13+/m1/s1. The van der Waals surface area contributed by atoms with Crippen molar-refractivity contribution in [1.29, 1.82) is 0 Å². The quantitative estimate of drug-likeness (QED) is 0.721. The number of amides is 1. The van der Waals surface area contributed by atoms with Crippen LogP contribution in [0.15, 0.2) is 18.2 Å². The lowest BCUT2D eigenvalue weighted by atomic mass is 9.41. The summed E-state index contributed by atoms with van der Waals surface area (Å²) in [5.74, 6) is 1.17. The Labute approximate surface area is 177 Å². The van der Waals surface area contributed by atoms with Gasteiger partial charge in [-0.2, -0.15) is 0 Å². The smallest absolute Gasteiger partial charge is 0.410 e. The van der Waals surface area contributed by atoms with Gasteiger partial charge in [-0.3, -0.25) is 0 Å². The lowest BCUT2D eigenvalue weighted by molar-refractivity contribution is -0.00115. The van der Waals surface area contributed by atoms with Gasteiger partial charge in [0.05, 0.1) is 0 Å². The summed E-state index contributed by atoms with van der Waals surface area (Å²) in [5.41, 5.74) is -0.527. The zero-order valence-corrected chi connectivity index (χ0v) is 17.3. The lowest BCUT2D eigenvalue weighted by Gasteiger charge is -2.48. The van der Waals surface area contributed by atoms with E-state index in [0.29, 0.717) is 36.6 Å². The van der Waals surface area contributed by atoms with Crippen molar-refractivity contribution in [2.45, 2.75) is 69.1 Å². The van der Waals surface area contributed by atoms with Gasteiger partial charge in [-0.05, 0) is 39.8 Å². The maximum atomic E-state index is 12.4. The number of likely N-dealkylation sites (tertiary alicyclic amines) is 1. The molecule has 1 aromatic rings. The summed E-state index contributed by atoms with van der Waals surface area (Å²) in [5, 5.41) is -3.77. The van der Waals surface area contributed by atoms with Crippen molar-refractivity contribution in [1.82, 2.24) is 4.90 Å². The van der Waals surface area contributed by atoms with Gasteiger partial charge in [0.15, 0.2) is 11.5 Å². The van der Waals surface area contributed by atoms with Gasteiger partial charge in [0.25, 0.3) is 0 Å². The van der Waals surface area contributed by atoms with Gasteiger partial charge >= 0.3 is 6.09 Å². The highest BCUT2D eigenvalue weighted by atomic mass is 16.6. The average Bonchev–Trinajstić information content (AvgIpc) is 2.54. The number of ether oxygens (including phenoxy) is 4. The largest absolute Gasteiger partial charge is 0.501 e. The highest BCUT2D eigenvalue weighted by Crippen LogP contribution is 2.41. The molecule has 1 saturated heterocycles. The van der Waals surface area contributed by atoms with Crippen molar-refractivity contribution in [3.8, 4) is 17.2 Å². The van der Waals surface area contributed by atoms with Crippen molar-refractivity contribution < 1.29 is 23.7 Å². The molecule has 1 amide bonds. The predicted molar refractivity (Wildman–Crippen MR) is 112 cm³/mol. The molecule has 1 fully saturated rings. The maximum Gasteiger partial charge on any atom is 0.410 e. The molecule has 3 rings (SSSR count). The molecule has 0 unspecified atom stereocenters. The third kappa shape index (κ3) is 4.84. The predicted octanol–water partition coefficient (Wildman–Crippen LogP) is 1.61. The van der Waals surface area contributed by atoms with Crippen LogP contribution in [-0.2, 0) is 4.74 Å². The Morgan fingerprint density at radius 1 is 1.14 bits per heavy atom. The summed E-state index contributed by atoms with van der Waals surface area (Å²) >= 11 is 0. The average molecular weight is 389 g/mol. The molecule has 0 spiro atoms. The van der Waals surface area contributed by atoms with E-state index in [1.807, 2.05) is 27.7 Å². The van der Waals surface area contributed by atoms with Crippen molar-refractivity contribution in [3.63, 3.8) is 0 Å². The van der Waals surface area contributed by atoms with Crippen molar-refractivity contribution in [3.05, 3.63) is 18.2 Å². The lowest BCUT2D eigenvalue weighted by Crippen LogP contribution is -2.65. The number of benzene rings is 1. The number of fused-ring (bicyclic) bond motifs is 1. The van der Waals surface area contributed by atoms with Crippen molar-refractivity contribution >= 4 is 37.5 Å². The second kappa shape index (κ2) is 7.44. The van der Waals surface area contributed by atoms with E-state index in [9.17, 15) is 4.79 Å². The molecule has 10 heteroatoms. The first-order chi connectivity index (χ1) is 13.3. The maximum absolute atomic E-state index is 12.4. The van der Waals surface area contributed by atoms with Crippen molar-refractivity contribution in [2.24, 2.45) is 0 Å². The first kappa shape index (κ1) is 21.8. The summed E-state index contributed by atoms with van der Waals surface area (Å²) in [6.45, 7) is 8.07. The number of hydrogen-bond donors (Lipinski definition) is 0. The Balaban J connectivity index is 1.63. The van der Waals surface area contributed by atoms with Gasteiger partial charge in [-0.15, -0.1) is 0 Å². The molecule has 0 aromatic heterocycles. The Morgan fingerprint density at radius 2 is 1.76 bits per heavy atom. The van der Waals surface area contributed by atoms with Crippen LogP contribution in [0.3, 0.4) is 0 Å². The van der Waals surface area contributed by atoms with Gasteiger partial charge in [-0.25, -0.2) is 4.79 Å². The Kier molecular flexibility index (Phi) is 5.61. The van der Waals surface area contributed by atoms with Crippen LogP contribution in [0, 0.1) is 0 Å². The number of carbonyl (C=O) groups excluding carboxylic acids is 1. The zero-order valence-electron chi connectivity index (χ0n) is 17.3. The second-order valence-electron chi connectivity index (χ2n) is 8.69. The number of rotatable bonds is 2. The van der Waals surface area contributed by atoms with Crippen LogP contribution in [0.1, 0.15) is 40.5 Å². The fourth-order valence-electron chi connectivity index (χ4n) is 3.27. The fourth-order valence-corrected chi connectivity index (χ4v) is 3.27. The Morgan fingerprint density at radius 3 is 2.34 bits per heavy atom. The molecule has 0 saturated carbocycles. The van der Waals surface area contributed by atoms with E-state index >= 15 is 0 Å². The third-order valence-corrected chi connectivity index (χ3v) is 4.84. The molecule has 6 nitrogen and oxygen atoms in total. The topological polar surface area (TPSA) is 57.2 Å². The summed E-state index contributed by atoms with van der Waals surface area (Å²) in [6, 6.07) is 4.97. The highest BCUT2D eigenvalue weighted by Gasteiger charge is 2.43. The molecule has 146 valence electrons. The van der Waals surface area contributed by atoms with Gasteiger partial charge in [0.1, 0.15) is 48.8 Å². The van der Waals surface area contributed by atoms with Crippen LogP contribution in [0.5, 0.6) is 17.2 Å². The van der Waals surface area contributed by atoms with Crippen LogP contribution in [0.25, 0.3) is 0 Å². The number of carbonyl (C=O) groups is 1. The zero-order chi connectivity index (χ0) is 21.6. The monoisotopic (exact) mass is 389 g/mol. The SMILES string of the molecule is [B]C1([B])Oc2ccc(O[C@H]3CCN(C(=O)OC(C)(C)C)[C@H](C)C3)cc2OC1([B])[B]. The van der Waals surface area contributed by atoms with E-state index in [1.54, 1.807) is 23.1 Å². The molecule has 2 aliphatic rings. The van der Waals surface area contributed by atoms with E-state index in [4.69, 9.17) is 50.3 Å². The van der Waals surface area contributed by atoms with E-state index < -0.39 is 16.4 Å². The van der Waals surface area contributed by atoms with Gasteiger partial charge in [0.2, 0.25) is 0 Å². The first-order valence-electron chi connectivity index (χ1n) is 9.61. The minimum atomic E-state index is -1.90. The Bertz CT molecular complexity index is 780. The molecule has 2 aliphatic heterocycles. The van der Waals surface area contributed by atoms with Crippen LogP contribution < -0.4 is 14.2 Å². The molecule has 0 bridgehead atoms. The molecular weight excluding hydrogens is 365 g/mol. The molecule has 29 heavy (non-hydrogen) atoms.